The fraction of sp³-hybridized carbons (Fsp3) is 0.818. The maximum absolute atomic E-state index is 11.2. The molecule has 0 saturated heterocycles. The third-order valence-electron chi connectivity index (χ3n) is 1.68. The topological polar surface area (TPSA) is 52.6 Å². The summed E-state index contributed by atoms with van der Waals surface area (Å²) in [5.74, 6) is -0.689. The van der Waals surface area contributed by atoms with Gasteiger partial charge in [-0.1, -0.05) is 13.3 Å². The molecule has 15 heavy (non-hydrogen) atoms. The quantitative estimate of drug-likeness (QED) is 0.352. The van der Waals surface area contributed by atoms with Crippen LogP contribution in [0.25, 0.3) is 0 Å². The molecular formula is C11H20O4. The van der Waals surface area contributed by atoms with E-state index in [9.17, 15) is 9.59 Å². The summed E-state index contributed by atoms with van der Waals surface area (Å²) in [7, 11) is 0. The number of Topliss-reactive ketones (excluding diaryl/α,β-unsaturated/α-hetero) is 1. The summed E-state index contributed by atoms with van der Waals surface area (Å²) in [5.41, 5.74) is 0. The van der Waals surface area contributed by atoms with Gasteiger partial charge in [-0.25, -0.2) is 0 Å². The zero-order valence-corrected chi connectivity index (χ0v) is 9.75. The highest BCUT2D eigenvalue weighted by molar-refractivity contribution is 5.96. The number of ketones is 1. The second-order valence-electron chi connectivity index (χ2n) is 3.65. The van der Waals surface area contributed by atoms with Crippen LogP contribution in [0.3, 0.4) is 0 Å². The van der Waals surface area contributed by atoms with E-state index in [0.717, 1.165) is 12.8 Å². The molecule has 88 valence electrons. The van der Waals surface area contributed by atoms with E-state index < -0.39 is 5.97 Å². The molecule has 0 fully saturated rings. The summed E-state index contributed by atoms with van der Waals surface area (Å²) < 4.78 is 9.92. The molecule has 0 saturated carbocycles. The first-order chi connectivity index (χ1) is 7.06. The predicted molar refractivity (Wildman–Crippen MR) is 56.6 cm³/mol. The van der Waals surface area contributed by atoms with Crippen molar-refractivity contribution < 1.29 is 19.1 Å². The Kier molecular flexibility index (Phi) is 7.91. The SMILES string of the molecule is CCCCOC(=O)CC(=O)COC(C)C. The minimum atomic E-state index is -0.458. The van der Waals surface area contributed by atoms with Gasteiger partial charge >= 0.3 is 5.97 Å². The number of hydrogen-bond acceptors (Lipinski definition) is 4. The van der Waals surface area contributed by atoms with Crippen LogP contribution in [0.2, 0.25) is 0 Å². The third kappa shape index (κ3) is 9.41. The molecule has 0 amide bonds. The molecule has 0 aliphatic rings. The maximum Gasteiger partial charge on any atom is 0.313 e. The fourth-order valence-electron chi connectivity index (χ4n) is 0.853. The van der Waals surface area contributed by atoms with E-state index in [1.54, 1.807) is 0 Å². The number of carbonyl (C=O) groups is 2. The highest BCUT2D eigenvalue weighted by Crippen LogP contribution is 1.95. The first-order valence-corrected chi connectivity index (χ1v) is 5.35. The summed E-state index contributed by atoms with van der Waals surface area (Å²) >= 11 is 0. The van der Waals surface area contributed by atoms with Gasteiger partial charge in [-0.15, -0.1) is 0 Å². The summed E-state index contributed by atoms with van der Waals surface area (Å²) in [4.78, 5) is 22.2. The summed E-state index contributed by atoms with van der Waals surface area (Å²) in [5, 5.41) is 0. The van der Waals surface area contributed by atoms with Gasteiger partial charge in [0.05, 0.1) is 12.7 Å². The van der Waals surface area contributed by atoms with Crippen LogP contribution in [0.4, 0.5) is 0 Å². The Morgan fingerprint density at radius 2 is 1.93 bits per heavy atom. The van der Waals surface area contributed by atoms with Gasteiger partial charge in [0.1, 0.15) is 13.0 Å². The number of unbranched alkanes of at least 4 members (excludes halogenated alkanes) is 1. The van der Waals surface area contributed by atoms with Crippen molar-refractivity contribution in [1.29, 1.82) is 0 Å². The van der Waals surface area contributed by atoms with Gasteiger partial charge in [-0.2, -0.15) is 0 Å². The second kappa shape index (κ2) is 8.41. The van der Waals surface area contributed by atoms with E-state index in [2.05, 4.69) is 0 Å². The molecule has 0 bridgehead atoms. The molecule has 0 aromatic heterocycles. The van der Waals surface area contributed by atoms with Crippen LogP contribution in [-0.2, 0) is 19.1 Å². The first-order valence-electron chi connectivity index (χ1n) is 5.35. The zero-order chi connectivity index (χ0) is 11.7. The predicted octanol–water partition coefficient (Wildman–Crippen LogP) is 1.71. The van der Waals surface area contributed by atoms with Gasteiger partial charge in [0.2, 0.25) is 0 Å². The van der Waals surface area contributed by atoms with Crippen molar-refractivity contribution in [3.8, 4) is 0 Å². The monoisotopic (exact) mass is 216 g/mol. The van der Waals surface area contributed by atoms with E-state index in [1.165, 1.54) is 0 Å². The Labute approximate surface area is 90.9 Å². The van der Waals surface area contributed by atoms with Crippen LogP contribution in [0, 0.1) is 0 Å². The smallest absolute Gasteiger partial charge is 0.313 e. The second-order valence-corrected chi connectivity index (χ2v) is 3.65. The van der Waals surface area contributed by atoms with Crippen LogP contribution >= 0.6 is 0 Å². The fourth-order valence-corrected chi connectivity index (χ4v) is 0.853. The maximum atomic E-state index is 11.2. The molecule has 0 unspecified atom stereocenters. The van der Waals surface area contributed by atoms with Crippen molar-refractivity contribution in [3.05, 3.63) is 0 Å². The number of carbonyl (C=O) groups excluding carboxylic acids is 2. The lowest BCUT2D eigenvalue weighted by atomic mass is 10.3. The molecule has 4 heteroatoms. The molecule has 0 aromatic carbocycles. The van der Waals surface area contributed by atoms with E-state index in [4.69, 9.17) is 9.47 Å². The minimum absolute atomic E-state index is 0.00469. The van der Waals surface area contributed by atoms with Crippen LogP contribution in [0.1, 0.15) is 40.0 Å². The van der Waals surface area contributed by atoms with Gasteiger partial charge in [0.15, 0.2) is 5.78 Å². The van der Waals surface area contributed by atoms with Crippen LogP contribution in [-0.4, -0.2) is 31.1 Å². The average molecular weight is 216 g/mol. The lowest BCUT2D eigenvalue weighted by molar-refractivity contribution is -0.147. The molecule has 0 N–H and O–H groups in total. The van der Waals surface area contributed by atoms with Gasteiger partial charge < -0.3 is 9.47 Å². The van der Waals surface area contributed by atoms with Gasteiger partial charge in [-0.05, 0) is 20.3 Å². The lowest BCUT2D eigenvalue weighted by Gasteiger charge is -2.06. The Morgan fingerprint density at radius 3 is 2.47 bits per heavy atom. The standard InChI is InChI=1S/C11H20O4/c1-4-5-6-14-11(13)7-10(12)8-15-9(2)3/h9H,4-8H2,1-3H3. The molecule has 0 radical (unpaired) electrons. The van der Waals surface area contributed by atoms with Gasteiger partial charge in [0, 0.05) is 0 Å². The Morgan fingerprint density at radius 1 is 1.27 bits per heavy atom. The summed E-state index contributed by atoms with van der Waals surface area (Å²) in [6.45, 7) is 6.07. The van der Waals surface area contributed by atoms with E-state index in [0.29, 0.717) is 6.61 Å². The van der Waals surface area contributed by atoms with Crippen molar-refractivity contribution >= 4 is 11.8 Å². The first kappa shape index (κ1) is 14.1. The zero-order valence-electron chi connectivity index (χ0n) is 9.75. The van der Waals surface area contributed by atoms with E-state index >= 15 is 0 Å². The number of esters is 1. The molecule has 0 aromatic rings. The van der Waals surface area contributed by atoms with Crippen molar-refractivity contribution in [2.45, 2.75) is 46.1 Å². The Balaban J connectivity index is 3.53. The van der Waals surface area contributed by atoms with Crippen molar-refractivity contribution in [2.75, 3.05) is 13.2 Å². The molecule has 0 rings (SSSR count). The van der Waals surface area contributed by atoms with E-state index in [1.807, 2.05) is 20.8 Å². The highest BCUT2D eigenvalue weighted by atomic mass is 16.5. The van der Waals surface area contributed by atoms with E-state index in [-0.39, 0.29) is 24.9 Å². The minimum Gasteiger partial charge on any atom is -0.465 e. The van der Waals surface area contributed by atoms with Crippen molar-refractivity contribution in [3.63, 3.8) is 0 Å². The van der Waals surface area contributed by atoms with Crippen LogP contribution < -0.4 is 0 Å². The summed E-state index contributed by atoms with van der Waals surface area (Å²) in [6.07, 6.45) is 1.63. The molecule has 4 nitrogen and oxygen atoms in total. The number of rotatable bonds is 8. The number of ether oxygens (including phenoxy) is 2. The van der Waals surface area contributed by atoms with Gasteiger partial charge in [-0.3, -0.25) is 9.59 Å². The largest absolute Gasteiger partial charge is 0.465 e. The molecule has 0 atom stereocenters. The normalized spacial score (nSPS) is 10.4. The molecular weight excluding hydrogens is 196 g/mol. The Bertz CT molecular complexity index is 199. The lowest BCUT2D eigenvalue weighted by Crippen LogP contribution is -2.18. The third-order valence-corrected chi connectivity index (χ3v) is 1.68. The average Bonchev–Trinajstić information content (AvgIpc) is 2.15. The molecule has 0 heterocycles. The van der Waals surface area contributed by atoms with Crippen molar-refractivity contribution in [1.82, 2.24) is 0 Å². The van der Waals surface area contributed by atoms with Crippen LogP contribution in [0.15, 0.2) is 0 Å². The highest BCUT2D eigenvalue weighted by Gasteiger charge is 2.11. The molecule has 0 aliphatic carbocycles. The molecule has 0 aliphatic heterocycles. The van der Waals surface area contributed by atoms with Crippen molar-refractivity contribution in [2.24, 2.45) is 0 Å². The molecule has 0 spiro atoms. The Hall–Kier alpha value is -0.900. The van der Waals surface area contributed by atoms with Gasteiger partial charge in [0.25, 0.3) is 0 Å². The summed E-state index contributed by atoms with van der Waals surface area (Å²) in [6, 6.07) is 0. The number of hydrogen-bond donors (Lipinski definition) is 0. The van der Waals surface area contributed by atoms with Crippen LogP contribution in [0.5, 0.6) is 0 Å².